The molecule has 0 aliphatic carbocycles. The Labute approximate surface area is 300 Å². The molecule has 48 heavy (non-hydrogen) atoms. The van der Waals surface area contributed by atoms with E-state index in [0.717, 1.165) is 38.5 Å². The maximum Gasteiger partial charge on any atom is 0.305 e. The van der Waals surface area contributed by atoms with E-state index in [9.17, 15) is 9.59 Å². The molecule has 0 aromatic rings. The fourth-order valence-electron chi connectivity index (χ4n) is 4.11. The highest BCUT2D eigenvalue weighted by Crippen LogP contribution is 2.09. The number of hydrogen-bond acceptors (Lipinski definition) is 4. The van der Waals surface area contributed by atoms with E-state index >= 15 is 0 Å². The maximum absolute atomic E-state index is 10.9. The van der Waals surface area contributed by atoms with Crippen LogP contribution in [0, 0.1) is 0 Å². The SMILES string of the molecule is C=C.C=CC=C.C=CCCCCCC.C=CCCCCCCCC(=O)OC.CCCCCC/C=C/C=C\CCCCCCCC(=O)OC. The van der Waals surface area contributed by atoms with Crippen LogP contribution in [0.2, 0.25) is 0 Å². The fourth-order valence-corrected chi connectivity index (χ4v) is 4.11. The average Bonchev–Trinajstić information content (AvgIpc) is 3.12. The van der Waals surface area contributed by atoms with Crippen LogP contribution in [-0.4, -0.2) is 26.2 Å². The lowest BCUT2D eigenvalue weighted by molar-refractivity contribution is -0.141. The van der Waals surface area contributed by atoms with E-state index in [4.69, 9.17) is 0 Å². The van der Waals surface area contributed by atoms with E-state index in [1.54, 1.807) is 12.2 Å². The molecule has 0 bridgehead atoms. The van der Waals surface area contributed by atoms with Gasteiger partial charge in [0.25, 0.3) is 0 Å². The number of ether oxygens (including phenoxy) is 2. The molecule has 0 aliphatic heterocycles. The summed E-state index contributed by atoms with van der Waals surface area (Å²) in [4.78, 5) is 21.6. The molecular formula is C44H80O4. The first-order chi connectivity index (χ1) is 23.4. The number of hydrogen-bond donors (Lipinski definition) is 0. The van der Waals surface area contributed by atoms with E-state index < -0.39 is 0 Å². The molecule has 280 valence electrons. The zero-order valence-electron chi connectivity index (χ0n) is 32.5. The molecule has 0 rings (SSSR count). The van der Waals surface area contributed by atoms with Crippen LogP contribution in [-0.2, 0) is 19.1 Å². The number of methoxy groups -OCH3 is 2. The van der Waals surface area contributed by atoms with Gasteiger partial charge in [-0.05, 0) is 64.2 Å². The second kappa shape index (κ2) is 59.5. The molecule has 0 radical (unpaired) electrons. The Hall–Kier alpha value is -2.88. The van der Waals surface area contributed by atoms with Gasteiger partial charge in [-0.25, -0.2) is 0 Å². The lowest BCUT2D eigenvalue weighted by atomic mass is 10.1. The fraction of sp³-hybridized carbons (Fsp3) is 0.636. The minimum absolute atomic E-state index is 0.0839. The van der Waals surface area contributed by atoms with E-state index in [1.165, 1.54) is 117 Å². The highest BCUT2D eigenvalue weighted by molar-refractivity contribution is 5.69. The lowest BCUT2D eigenvalue weighted by Crippen LogP contribution is -1.98. The Balaban J connectivity index is -0.000000193. The molecular weight excluding hydrogens is 592 g/mol. The van der Waals surface area contributed by atoms with E-state index in [2.05, 4.69) is 87.1 Å². The topological polar surface area (TPSA) is 52.6 Å². The van der Waals surface area contributed by atoms with Gasteiger partial charge in [-0.15, -0.1) is 26.3 Å². The summed E-state index contributed by atoms with van der Waals surface area (Å²) in [6, 6.07) is 0. The molecule has 4 nitrogen and oxygen atoms in total. The summed E-state index contributed by atoms with van der Waals surface area (Å²) in [5.41, 5.74) is 0. The van der Waals surface area contributed by atoms with Crippen molar-refractivity contribution in [2.45, 2.75) is 168 Å². The molecule has 0 heterocycles. The summed E-state index contributed by atoms with van der Waals surface area (Å²) < 4.78 is 9.16. The zero-order chi connectivity index (χ0) is 37.2. The van der Waals surface area contributed by atoms with Crippen LogP contribution >= 0.6 is 0 Å². The van der Waals surface area contributed by atoms with Crippen LogP contribution in [0.3, 0.4) is 0 Å². The molecule has 0 spiro atoms. The van der Waals surface area contributed by atoms with Gasteiger partial charge >= 0.3 is 11.9 Å². The summed E-state index contributed by atoms with van der Waals surface area (Å²) in [6.07, 6.45) is 44.3. The monoisotopic (exact) mass is 673 g/mol. The first-order valence-corrected chi connectivity index (χ1v) is 18.9. The van der Waals surface area contributed by atoms with Gasteiger partial charge in [0.15, 0.2) is 0 Å². The summed E-state index contributed by atoms with van der Waals surface area (Å²) in [5.74, 6) is -0.175. The van der Waals surface area contributed by atoms with Crippen molar-refractivity contribution in [2.75, 3.05) is 14.2 Å². The number of esters is 2. The Morgan fingerprint density at radius 3 is 1.04 bits per heavy atom. The molecule has 0 aliphatic rings. The second-order valence-corrected chi connectivity index (χ2v) is 11.4. The minimum atomic E-state index is -0.0916. The molecule has 4 heteroatoms. The van der Waals surface area contributed by atoms with E-state index in [1.807, 2.05) is 12.2 Å². The molecule has 0 aromatic heterocycles. The van der Waals surface area contributed by atoms with Crippen molar-refractivity contribution in [2.24, 2.45) is 0 Å². The molecule has 0 fully saturated rings. The molecule has 0 saturated carbocycles. The normalized spacial score (nSPS) is 9.67. The number of allylic oxidation sites excluding steroid dienone is 8. The summed E-state index contributed by atoms with van der Waals surface area (Å²) in [5, 5.41) is 0. The van der Waals surface area contributed by atoms with Crippen molar-refractivity contribution >= 4 is 11.9 Å². The zero-order valence-corrected chi connectivity index (χ0v) is 32.5. The van der Waals surface area contributed by atoms with Gasteiger partial charge in [0.05, 0.1) is 14.2 Å². The third-order valence-corrected chi connectivity index (χ3v) is 7.03. The van der Waals surface area contributed by atoms with Gasteiger partial charge in [0.1, 0.15) is 0 Å². The van der Waals surface area contributed by atoms with E-state index in [0.29, 0.717) is 12.8 Å². The van der Waals surface area contributed by atoms with E-state index in [-0.39, 0.29) is 11.9 Å². The highest BCUT2D eigenvalue weighted by atomic mass is 16.5. The van der Waals surface area contributed by atoms with Crippen LogP contribution in [0.15, 0.2) is 88.1 Å². The van der Waals surface area contributed by atoms with Gasteiger partial charge in [-0.1, -0.05) is 153 Å². The largest absolute Gasteiger partial charge is 0.469 e. The quantitative estimate of drug-likeness (QED) is 0.0359. The molecule has 0 amide bonds. The molecule has 0 saturated heterocycles. The van der Waals surface area contributed by atoms with Gasteiger partial charge in [0, 0.05) is 12.8 Å². The molecule has 0 aromatic carbocycles. The van der Waals surface area contributed by atoms with Crippen LogP contribution in [0.5, 0.6) is 0 Å². The van der Waals surface area contributed by atoms with Crippen LogP contribution in [0.1, 0.15) is 168 Å². The number of rotatable bonds is 28. The molecule has 0 unspecified atom stereocenters. The second-order valence-electron chi connectivity index (χ2n) is 11.4. The lowest BCUT2D eigenvalue weighted by Gasteiger charge is -1.99. The molecule has 0 atom stereocenters. The van der Waals surface area contributed by atoms with Crippen molar-refractivity contribution in [1.82, 2.24) is 0 Å². The Morgan fingerprint density at radius 1 is 0.458 bits per heavy atom. The number of carbonyl (C=O) groups excluding carboxylic acids is 2. The number of unbranched alkanes of at least 4 members (excludes halogenated alkanes) is 18. The number of carbonyl (C=O) groups is 2. The first-order valence-electron chi connectivity index (χ1n) is 18.9. The average molecular weight is 673 g/mol. The van der Waals surface area contributed by atoms with Crippen molar-refractivity contribution in [3.63, 3.8) is 0 Å². The predicted molar refractivity (Wildman–Crippen MR) is 217 cm³/mol. The van der Waals surface area contributed by atoms with Gasteiger partial charge in [-0.2, -0.15) is 0 Å². The third-order valence-electron chi connectivity index (χ3n) is 7.03. The minimum Gasteiger partial charge on any atom is -0.469 e. The Morgan fingerprint density at radius 2 is 0.750 bits per heavy atom. The van der Waals surface area contributed by atoms with Gasteiger partial charge in [-0.3, -0.25) is 9.59 Å². The van der Waals surface area contributed by atoms with Crippen molar-refractivity contribution in [3.8, 4) is 0 Å². The first kappa shape index (κ1) is 54.6. The van der Waals surface area contributed by atoms with Crippen molar-refractivity contribution < 1.29 is 19.1 Å². The Kier molecular flexibility index (Phi) is 67.7. The summed E-state index contributed by atoms with van der Waals surface area (Å²) >= 11 is 0. The van der Waals surface area contributed by atoms with Crippen LogP contribution < -0.4 is 0 Å². The standard InChI is InChI=1S/C19H34O2.C11H20O2.C8H16.C4H6.C2H4/c1-3-4-5-6-7-8-9-10-11-12-13-14-15-16-17-18-19(20)21-2;1-3-4-5-6-7-8-9-10-11(12)13-2;1-3-5-7-8-6-4-2;1-3-4-2;1-2/h8-11H,3-7,12-18H2,1-2H3;3H,1,4-10H2,2H3;3H,1,4-8H2,2H3;3-4H,1-2H2;1-2H2/b9-8+,11-10-;;;;. The molecule has 0 N–H and O–H groups in total. The summed E-state index contributed by atoms with van der Waals surface area (Å²) in [7, 11) is 2.89. The van der Waals surface area contributed by atoms with Gasteiger partial charge in [0.2, 0.25) is 0 Å². The summed E-state index contributed by atoms with van der Waals surface area (Å²) in [6.45, 7) is 24.5. The van der Waals surface area contributed by atoms with Crippen molar-refractivity contribution in [3.05, 3.63) is 88.1 Å². The maximum atomic E-state index is 10.9. The smallest absolute Gasteiger partial charge is 0.305 e. The highest BCUT2D eigenvalue weighted by Gasteiger charge is 1.99. The Bertz CT molecular complexity index is 713. The predicted octanol–water partition coefficient (Wildman–Crippen LogP) is 14.4. The van der Waals surface area contributed by atoms with Crippen molar-refractivity contribution in [1.29, 1.82) is 0 Å². The van der Waals surface area contributed by atoms with Crippen LogP contribution in [0.25, 0.3) is 0 Å². The van der Waals surface area contributed by atoms with Crippen LogP contribution in [0.4, 0.5) is 0 Å². The third kappa shape index (κ3) is 69.7. The van der Waals surface area contributed by atoms with Gasteiger partial charge < -0.3 is 9.47 Å².